The van der Waals surface area contributed by atoms with E-state index in [4.69, 9.17) is 10.6 Å². The lowest BCUT2D eigenvalue weighted by Gasteiger charge is -2.16. The Hall–Kier alpha value is -1.55. The molecular weight excluding hydrogens is 204 g/mol. The number of ether oxygens (including phenoxy) is 1. The van der Waals surface area contributed by atoms with Crippen LogP contribution in [0.5, 0.6) is 5.75 Å². The van der Waals surface area contributed by atoms with Crippen molar-refractivity contribution in [3.63, 3.8) is 0 Å². The maximum atomic E-state index is 11.3. The summed E-state index contributed by atoms with van der Waals surface area (Å²) in [5.74, 6) is 5.46. The molecule has 0 saturated carbocycles. The SMILES string of the molecule is CCC(Oc1ccc(C)c(C)c1)C(=O)NN. The van der Waals surface area contributed by atoms with Gasteiger partial charge in [-0.25, -0.2) is 5.84 Å². The van der Waals surface area contributed by atoms with E-state index in [1.807, 2.05) is 39.0 Å². The van der Waals surface area contributed by atoms with Crippen molar-refractivity contribution in [1.82, 2.24) is 5.43 Å². The average molecular weight is 222 g/mol. The zero-order valence-corrected chi connectivity index (χ0v) is 9.91. The largest absolute Gasteiger partial charge is 0.481 e. The number of nitrogens with one attached hydrogen (secondary N) is 1. The van der Waals surface area contributed by atoms with E-state index in [9.17, 15) is 4.79 Å². The molecule has 0 aliphatic heterocycles. The van der Waals surface area contributed by atoms with Crippen LogP contribution in [0.1, 0.15) is 24.5 Å². The summed E-state index contributed by atoms with van der Waals surface area (Å²) in [5, 5.41) is 0. The van der Waals surface area contributed by atoms with Crippen LogP contribution in [0.15, 0.2) is 18.2 Å². The highest BCUT2D eigenvalue weighted by Crippen LogP contribution is 2.18. The number of carbonyl (C=O) groups is 1. The predicted octanol–water partition coefficient (Wildman–Crippen LogP) is 1.45. The van der Waals surface area contributed by atoms with Crippen LogP contribution in [0.4, 0.5) is 0 Å². The molecule has 1 aromatic carbocycles. The Balaban J connectivity index is 2.78. The fourth-order valence-corrected chi connectivity index (χ4v) is 1.37. The number of amides is 1. The highest BCUT2D eigenvalue weighted by atomic mass is 16.5. The van der Waals surface area contributed by atoms with Crippen LogP contribution in [-0.4, -0.2) is 12.0 Å². The van der Waals surface area contributed by atoms with E-state index in [0.29, 0.717) is 12.2 Å². The molecule has 1 atom stereocenters. The van der Waals surface area contributed by atoms with Crippen LogP contribution in [0.3, 0.4) is 0 Å². The lowest BCUT2D eigenvalue weighted by Crippen LogP contribution is -2.41. The van der Waals surface area contributed by atoms with E-state index < -0.39 is 6.10 Å². The second-order valence-corrected chi connectivity index (χ2v) is 3.77. The molecule has 0 aliphatic rings. The van der Waals surface area contributed by atoms with Gasteiger partial charge in [0.25, 0.3) is 5.91 Å². The number of benzene rings is 1. The van der Waals surface area contributed by atoms with Gasteiger partial charge in [-0.1, -0.05) is 13.0 Å². The molecule has 0 heterocycles. The number of hydrazine groups is 1. The third-order valence-corrected chi connectivity index (χ3v) is 2.56. The highest BCUT2D eigenvalue weighted by molar-refractivity contribution is 5.80. The Bertz CT molecular complexity index is 377. The smallest absolute Gasteiger partial charge is 0.274 e. The standard InChI is InChI=1S/C12H18N2O2/c1-4-11(12(15)14-13)16-10-6-5-8(2)9(3)7-10/h5-7,11H,4,13H2,1-3H3,(H,14,15). The van der Waals surface area contributed by atoms with Crippen LogP contribution < -0.4 is 16.0 Å². The first kappa shape index (κ1) is 12.5. The summed E-state index contributed by atoms with van der Waals surface area (Å²) >= 11 is 0. The summed E-state index contributed by atoms with van der Waals surface area (Å²) in [6.07, 6.45) is 0.0442. The highest BCUT2D eigenvalue weighted by Gasteiger charge is 2.16. The van der Waals surface area contributed by atoms with Gasteiger partial charge in [-0.3, -0.25) is 10.2 Å². The summed E-state index contributed by atoms with van der Waals surface area (Å²) in [7, 11) is 0. The van der Waals surface area contributed by atoms with Crippen LogP contribution in [-0.2, 0) is 4.79 Å². The minimum atomic E-state index is -0.535. The van der Waals surface area contributed by atoms with Crippen molar-refractivity contribution in [2.45, 2.75) is 33.3 Å². The number of hydrogen-bond donors (Lipinski definition) is 2. The van der Waals surface area contributed by atoms with Gasteiger partial charge in [0.2, 0.25) is 0 Å². The predicted molar refractivity (Wildman–Crippen MR) is 63.0 cm³/mol. The first-order chi connectivity index (χ1) is 7.58. The van der Waals surface area contributed by atoms with Crippen molar-refractivity contribution in [1.29, 1.82) is 0 Å². The van der Waals surface area contributed by atoms with E-state index in [2.05, 4.69) is 5.43 Å². The monoisotopic (exact) mass is 222 g/mol. The van der Waals surface area contributed by atoms with Crippen molar-refractivity contribution >= 4 is 5.91 Å². The molecule has 1 unspecified atom stereocenters. The Morgan fingerprint density at radius 2 is 2.12 bits per heavy atom. The molecule has 0 bridgehead atoms. The molecule has 0 saturated heterocycles. The van der Waals surface area contributed by atoms with Crippen molar-refractivity contribution < 1.29 is 9.53 Å². The topological polar surface area (TPSA) is 64.3 Å². The second kappa shape index (κ2) is 5.51. The lowest BCUT2D eigenvalue weighted by molar-refractivity contribution is -0.128. The number of carbonyl (C=O) groups excluding carboxylic acids is 1. The van der Waals surface area contributed by atoms with Crippen molar-refractivity contribution in [3.05, 3.63) is 29.3 Å². The summed E-state index contributed by atoms with van der Waals surface area (Å²) in [6, 6.07) is 5.74. The Morgan fingerprint density at radius 1 is 1.44 bits per heavy atom. The first-order valence-corrected chi connectivity index (χ1v) is 5.32. The van der Waals surface area contributed by atoms with Gasteiger partial charge >= 0.3 is 0 Å². The maximum absolute atomic E-state index is 11.3. The van der Waals surface area contributed by atoms with Crippen LogP contribution in [0, 0.1) is 13.8 Å². The molecule has 0 aromatic heterocycles. The minimum absolute atomic E-state index is 0.305. The second-order valence-electron chi connectivity index (χ2n) is 3.77. The number of nitrogens with two attached hydrogens (primary N) is 1. The third kappa shape index (κ3) is 2.97. The van der Waals surface area contributed by atoms with Gasteiger partial charge < -0.3 is 4.74 Å². The van der Waals surface area contributed by atoms with Gasteiger partial charge in [0.05, 0.1) is 0 Å². The summed E-state index contributed by atoms with van der Waals surface area (Å²) in [5.41, 5.74) is 4.44. The number of rotatable bonds is 4. The molecule has 3 N–H and O–H groups in total. The van der Waals surface area contributed by atoms with Crippen molar-refractivity contribution in [2.75, 3.05) is 0 Å². The van der Waals surface area contributed by atoms with E-state index in [1.165, 1.54) is 5.56 Å². The fourth-order valence-electron chi connectivity index (χ4n) is 1.37. The molecule has 88 valence electrons. The van der Waals surface area contributed by atoms with E-state index >= 15 is 0 Å². The van der Waals surface area contributed by atoms with E-state index in [-0.39, 0.29) is 5.91 Å². The Kier molecular flexibility index (Phi) is 4.31. The summed E-state index contributed by atoms with van der Waals surface area (Å²) in [4.78, 5) is 11.3. The first-order valence-electron chi connectivity index (χ1n) is 5.32. The minimum Gasteiger partial charge on any atom is -0.481 e. The lowest BCUT2D eigenvalue weighted by atomic mass is 10.1. The van der Waals surface area contributed by atoms with E-state index in [1.54, 1.807) is 0 Å². The molecule has 16 heavy (non-hydrogen) atoms. The van der Waals surface area contributed by atoms with Crippen molar-refractivity contribution in [3.8, 4) is 5.75 Å². The molecule has 4 heteroatoms. The third-order valence-electron chi connectivity index (χ3n) is 2.56. The van der Waals surface area contributed by atoms with Gasteiger partial charge in [-0.2, -0.15) is 0 Å². The van der Waals surface area contributed by atoms with Crippen LogP contribution >= 0.6 is 0 Å². The van der Waals surface area contributed by atoms with Crippen LogP contribution in [0.25, 0.3) is 0 Å². The Labute approximate surface area is 95.8 Å². The molecule has 0 radical (unpaired) electrons. The van der Waals surface area contributed by atoms with E-state index in [0.717, 1.165) is 5.56 Å². The molecule has 1 rings (SSSR count). The summed E-state index contributed by atoms with van der Waals surface area (Å²) < 4.78 is 5.56. The number of aryl methyl sites for hydroxylation is 2. The van der Waals surface area contributed by atoms with Gasteiger partial charge in [-0.05, 0) is 43.5 Å². The van der Waals surface area contributed by atoms with Gasteiger partial charge in [0, 0.05) is 0 Å². The molecule has 0 fully saturated rings. The number of hydrogen-bond acceptors (Lipinski definition) is 3. The molecule has 1 amide bonds. The molecular formula is C12H18N2O2. The van der Waals surface area contributed by atoms with Gasteiger partial charge in [0.15, 0.2) is 6.10 Å². The quantitative estimate of drug-likeness (QED) is 0.460. The Morgan fingerprint density at radius 3 is 2.62 bits per heavy atom. The maximum Gasteiger partial charge on any atom is 0.274 e. The van der Waals surface area contributed by atoms with Gasteiger partial charge in [0.1, 0.15) is 5.75 Å². The van der Waals surface area contributed by atoms with Gasteiger partial charge in [-0.15, -0.1) is 0 Å². The molecule has 4 nitrogen and oxygen atoms in total. The molecule has 1 aromatic rings. The summed E-state index contributed by atoms with van der Waals surface area (Å²) in [6.45, 7) is 5.91. The zero-order chi connectivity index (χ0) is 12.1. The normalized spacial score (nSPS) is 12.0. The van der Waals surface area contributed by atoms with Crippen molar-refractivity contribution in [2.24, 2.45) is 5.84 Å². The van der Waals surface area contributed by atoms with Crippen LogP contribution in [0.2, 0.25) is 0 Å². The molecule has 0 aliphatic carbocycles. The average Bonchev–Trinajstić information content (AvgIpc) is 2.29. The fraction of sp³-hybridized carbons (Fsp3) is 0.417. The zero-order valence-electron chi connectivity index (χ0n) is 9.91. The molecule has 0 spiro atoms.